The highest BCUT2D eigenvalue weighted by Gasteiger charge is 2.39. The Kier molecular flexibility index (Phi) is 7.39. The van der Waals surface area contributed by atoms with Crippen molar-refractivity contribution >= 4 is 17.8 Å². The Hall–Kier alpha value is -1.59. The topological polar surface area (TPSA) is 75.7 Å². The second-order valence-corrected chi connectivity index (χ2v) is 6.13. The van der Waals surface area contributed by atoms with Gasteiger partial charge in [0.15, 0.2) is 0 Å². The number of likely N-dealkylation sites (N-methyl/N-ethyl adjacent to an activating group) is 1. The molecule has 0 spiro atoms. The maximum Gasteiger partial charge on any atom is 0.319 e. The maximum absolute atomic E-state index is 12.3. The SMILES string of the molecule is CCOC(=O)C(C(=O)NC(C)C(=O)N(C)CC)C(C)(C)C. The number of carbonyl (C=O) groups excluding carboxylic acids is 3. The minimum atomic E-state index is -0.945. The van der Waals surface area contributed by atoms with Crippen molar-refractivity contribution in [1.29, 1.82) is 0 Å². The van der Waals surface area contributed by atoms with Gasteiger partial charge in [0.25, 0.3) is 0 Å². The van der Waals surface area contributed by atoms with Crippen molar-refractivity contribution in [3.05, 3.63) is 0 Å². The fraction of sp³-hybridized carbons (Fsp3) is 0.800. The van der Waals surface area contributed by atoms with Gasteiger partial charge in [-0.25, -0.2) is 0 Å². The Morgan fingerprint density at radius 1 is 1.19 bits per heavy atom. The molecule has 0 aromatic rings. The number of amides is 2. The molecule has 0 saturated heterocycles. The van der Waals surface area contributed by atoms with E-state index in [-0.39, 0.29) is 12.5 Å². The van der Waals surface area contributed by atoms with Crippen LogP contribution in [0.4, 0.5) is 0 Å². The molecule has 6 nitrogen and oxygen atoms in total. The van der Waals surface area contributed by atoms with Gasteiger partial charge in [-0.1, -0.05) is 20.8 Å². The molecule has 0 aromatic heterocycles. The molecule has 0 bridgehead atoms. The van der Waals surface area contributed by atoms with Crippen molar-refractivity contribution in [1.82, 2.24) is 10.2 Å². The molecule has 122 valence electrons. The zero-order valence-electron chi connectivity index (χ0n) is 14.1. The van der Waals surface area contributed by atoms with Crippen LogP contribution < -0.4 is 5.32 Å². The van der Waals surface area contributed by atoms with Crippen LogP contribution in [-0.4, -0.2) is 48.9 Å². The lowest BCUT2D eigenvalue weighted by Crippen LogP contribution is -2.51. The molecule has 0 saturated carbocycles. The number of nitrogens with one attached hydrogen (secondary N) is 1. The summed E-state index contributed by atoms with van der Waals surface area (Å²) in [5.41, 5.74) is -0.588. The molecule has 0 aliphatic heterocycles. The lowest BCUT2D eigenvalue weighted by atomic mass is 9.80. The third-order valence-corrected chi connectivity index (χ3v) is 3.23. The van der Waals surface area contributed by atoms with Crippen LogP contribution in [0, 0.1) is 11.3 Å². The van der Waals surface area contributed by atoms with Crippen molar-refractivity contribution in [3.63, 3.8) is 0 Å². The molecule has 2 atom stereocenters. The summed E-state index contributed by atoms with van der Waals surface area (Å²) in [6, 6.07) is -0.679. The predicted molar refractivity (Wildman–Crippen MR) is 80.5 cm³/mol. The second-order valence-electron chi connectivity index (χ2n) is 6.13. The Morgan fingerprint density at radius 2 is 1.71 bits per heavy atom. The van der Waals surface area contributed by atoms with Crippen LogP contribution in [0.3, 0.4) is 0 Å². The van der Waals surface area contributed by atoms with Gasteiger partial charge in [0.1, 0.15) is 12.0 Å². The van der Waals surface area contributed by atoms with Crippen LogP contribution in [0.25, 0.3) is 0 Å². The van der Waals surface area contributed by atoms with Gasteiger partial charge in [-0.2, -0.15) is 0 Å². The first-order valence-corrected chi connectivity index (χ1v) is 7.28. The van der Waals surface area contributed by atoms with Crippen molar-refractivity contribution in [2.45, 2.75) is 47.6 Å². The van der Waals surface area contributed by atoms with E-state index in [2.05, 4.69) is 5.32 Å². The molecule has 0 fully saturated rings. The molecule has 0 radical (unpaired) electrons. The molecule has 0 aliphatic carbocycles. The summed E-state index contributed by atoms with van der Waals surface area (Å²) in [6.45, 7) is 11.3. The monoisotopic (exact) mass is 300 g/mol. The van der Waals surface area contributed by atoms with E-state index >= 15 is 0 Å². The molecule has 21 heavy (non-hydrogen) atoms. The normalized spacial score (nSPS) is 14.0. The van der Waals surface area contributed by atoms with E-state index in [1.54, 1.807) is 41.7 Å². The van der Waals surface area contributed by atoms with E-state index in [1.807, 2.05) is 6.92 Å². The Labute approximate surface area is 127 Å². The van der Waals surface area contributed by atoms with E-state index in [0.29, 0.717) is 6.54 Å². The molecule has 0 heterocycles. The molecule has 1 N–H and O–H groups in total. The highest BCUT2D eigenvalue weighted by atomic mass is 16.5. The standard InChI is InChI=1S/C15H28N2O4/c1-8-17(7)13(19)10(3)16-12(18)11(15(4,5)6)14(20)21-9-2/h10-11H,8-9H2,1-7H3,(H,16,18). The minimum Gasteiger partial charge on any atom is -0.465 e. The molecule has 6 heteroatoms. The van der Waals surface area contributed by atoms with E-state index in [4.69, 9.17) is 4.74 Å². The van der Waals surface area contributed by atoms with E-state index in [9.17, 15) is 14.4 Å². The molecule has 0 aliphatic rings. The fourth-order valence-electron chi connectivity index (χ4n) is 1.92. The lowest BCUT2D eigenvalue weighted by molar-refractivity contribution is -0.157. The van der Waals surface area contributed by atoms with Gasteiger partial charge in [-0.05, 0) is 26.2 Å². The largest absolute Gasteiger partial charge is 0.465 e. The number of nitrogens with zero attached hydrogens (tertiary/aromatic N) is 1. The Balaban J connectivity index is 5.00. The van der Waals surface area contributed by atoms with Crippen molar-refractivity contribution in [2.24, 2.45) is 11.3 Å². The number of rotatable bonds is 6. The minimum absolute atomic E-state index is 0.192. The van der Waals surface area contributed by atoms with Crippen LogP contribution in [0.2, 0.25) is 0 Å². The van der Waals surface area contributed by atoms with Gasteiger partial charge in [0.05, 0.1) is 6.61 Å². The molecular weight excluding hydrogens is 272 g/mol. The summed E-state index contributed by atoms with van der Waals surface area (Å²) in [4.78, 5) is 37.8. The molecular formula is C15H28N2O4. The summed E-state index contributed by atoms with van der Waals surface area (Å²) in [6.07, 6.45) is 0. The van der Waals surface area contributed by atoms with E-state index < -0.39 is 29.3 Å². The quantitative estimate of drug-likeness (QED) is 0.590. The number of ether oxygens (including phenoxy) is 1. The average molecular weight is 300 g/mol. The van der Waals surface area contributed by atoms with E-state index in [1.165, 1.54) is 4.90 Å². The first-order valence-electron chi connectivity index (χ1n) is 7.28. The highest BCUT2D eigenvalue weighted by molar-refractivity contribution is 6.00. The van der Waals surface area contributed by atoms with Gasteiger partial charge in [0, 0.05) is 13.6 Å². The number of esters is 1. The van der Waals surface area contributed by atoms with Gasteiger partial charge < -0.3 is 15.0 Å². The van der Waals surface area contributed by atoms with Crippen LogP contribution >= 0.6 is 0 Å². The van der Waals surface area contributed by atoms with Gasteiger partial charge in [0.2, 0.25) is 11.8 Å². The van der Waals surface area contributed by atoms with Crippen LogP contribution in [0.15, 0.2) is 0 Å². The summed E-state index contributed by atoms with van der Waals surface area (Å²) in [5, 5.41) is 2.61. The third kappa shape index (κ3) is 5.73. The van der Waals surface area contributed by atoms with Crippen LogP contribution in [-0.2, 0) is 19.1 Å². The zero-order valence-corrected chi connectivity index (χ0v) is 14.1. The molecule has 2 amide bonds. The summed E-state index contributed by atoms with van der Waals surface area (Å²) < 4.78 is 4.97. The number of hydrogen-bond acceptors (Lipinski definition) is 4. The average Bonchev–Trinajstić information content (AvgIpc) is 2.35. The molecule has 2 unspecified atom stereocenters. The van der Waals surface area contributed by atoms with Crippen LogP contribution in [0.1, 0.15) is 41.5 Å². The maximum atomic E-state index is 12.3. The van der Waals surface area contributed by atoms with Crippen molar-refractivity contribution in [2.75, 3.05) is 20.2 Å². The first-order chi connectivity index (χ1) is 9.56. The molecule has 0 rings (SSSR count). The summed E-state index contributed by atoms with van der Waals surface area (Å²) in [7, 11) is 1.66. The fourth-order valence-corrected chi connectivity index (χ4v) is 1.92. The van der Waals surface area contributed by atoms with Crippen molar-refractivity contribution in [3.8, 4) is 0 Å². The zero-order chi connectivity index (χ0) is 16.8. The number of carbonyl (C=O) groups is 3. The molecule has 0 aromatic carbocycles. The van der Waals surface area contributed by atoms with Gasteiger partial charge in [-0.15, -0.1) is 0 Å². The predicted octanol–water partition coefficient (Wildman–Crippen LogP) is 1.19. The lowest BCUT2D eigenvalue weighted by Gasteiger charge is -2.29. The summed E-state index contributed by atoms with van der Waals surface area (Å²) >= 11 is 0. The Bertz CT molecular complexity index is 388. The van der Waals surface area contributed by atoms with Gasteiger partial charge >= 0.3 is 5.97 Å². The van der Waals surface area contributed by atoms with Crippen molar-refractivity contribution < 1.29 is 19.1 Å². The van der Waals surface area contributed by atoms with Gasteiger partial charge in [-0.3, -0.25) is 14.4 Å². The summed E-state index contributed by atoms with van der Waals surface area (Å²) in [5.74, 6) is -2.18. The Morgan fingerprint density at radius 3 is 2.10 bits per heavy atom. The second kappa shape index (κ2) is 8.00. The smallest absolute Gasteiger partial charge is 0.319 e. The first kappa shape index (κ1) is 19.4. The van der Waals surface area contributed by atoms with E-state index in [0.717, 1.165) is 0 Å². The highest BCUT2D eigenvalue weighted by Crippen LogP contribution is 2.27. The number of hydrogen-bond donors (Lipinski definition) is 1. The van der Waals surface area contributed by atoms with Crippen LogP contribution in [0.5, 0.6) is 0 Å². The third-order valence-electron chi connectivity index (χ3n) is 3.23.